The summed E-state index contributed by atoms with van der Waals surface area (Å²) >= 11 is 0. The summed E-state index contributed by atoms with van der Waals surface area (Å²) in [5, 5.41) is 11.5. The number of carbonyl (C=O) groups is 1. The minimum absolute atomic E-state index is 0.178. The summed E-state index contributed by atoms with van der Waals surface area (Å²) in [6, 6.07) is 11.4. The second-order valence-corrected chi connectivity index (χ2v) is 4.01. The molecule has 0 atom stereocenters. The van der Waals surface area contributed by atoms with E-state index in [9.17, 15) is 9.59 Å². The normalized spacial score (nSPS) is 9.68. The van der Waals surface area contributed by atoms with Crippen molar-refractivity contribution in [2.75, 3.05) is 5.32 Å². The highest BCUT2D eigenvalue weighted by molar-refractivity contribution is 6.04. The fraction of sp³-hybridized carbons (Fsp3) is 0.0714. The van der Waals surface area contributed by atoms with Crippen LogP contribution in [0, 0.1) is 11.3 Å². The minimum Gasteiger partial charge on any atom is -0.322 e. The van der Waals surface area contributed by atoms with Gasteiger partial charge in [0, 0.05) is 25.0 Å². The van der Waals surface area contributed by atoms with Gasteiger partial charge in [-0.2, -0.15) is 5.26 Å². The minimum atomic E-state index is -0.328. The smallest absolute Gasteiger partial charge is 0.257 e. The number of hydrogen-bond acceptors (Lipinski definition) is 3. The van der Waals surface area contributed by atoms with Crippen molar-refractivity contribution in [1.29, 1.82) is 5.26 Å². The molecule has 1 heterocycles. The van der Waals surface area contributed by atoms with Crippen LogP contribution in [-0.4, -0.2) is 10.5 Å². The van der Waals surface area contributed by atoms with Crippen LogP contribution in [0.25, 0.3) is 0 Å². The van der Waals surface area contributed by atoms with Crippen molar-refractivity contribution < 1.29 is 4.79 Å². The number of hydrogen-bond donors (Lipinski definition) is 1. The van der Waals surface area contributed by atoms with Gasteiger partial charge in [0.05, 0.1) is 17.2 Å². The number of aromatic nitrogens is 1. The highest BCUT2D eigenvalue weighted by atomic mass is 16.2. The first kappa shape index (κ1) is 12.6. The van der Waals surface area contributed by atoms with Crippen molar-refractivity contribution in [3.8, 4) is 6.07 Å². The molecule has 0 fully saturated rings. The number of benzene rings is 1. The number of aryl methyl sites for hydroxylation is 1. The third kappa shape index (κ3) is 2.87. The van der Waals surface area contributed by atoms with Crippen LogP contribution in [0.5, 0.6) is 0 Å². The van der Waals surface area contributed by atoms with Crippen molar-refractivity contribution in [1.82, 2.24) is 4.57 Å². The first-order valence-corrected chi connectivity index (χ1v) is 5.58. The number of nitriles is 1. The molecule has 0 radical (unpaired) electrons. The molecule has 1 aromatic carbocycles. The SMILES string of the molecule is Cn1cc(C(=O)Nc2cccc(C#N)c2)ccc1=O. The second kappa shape index (κ2) is 5.19. The van der Waals surface area contributed by atoms with Gasteiger partial charge in [0.1, 0.15) is 0 Å². The van der Waals surface area contributed by atoms with Crippen LogP contribution in [0.1, 0.15) is 15.9 Å². The van der Waals surface area contributed by atoms with E-state index in [4.69, 9.17) is 5.26 Å². The Hall–Kier alpha value is -2.87. The van der Waals surface area contributed by atoms with E-state index in [-0.39, 0.29) is 11.5 Å². The Morgan fingerprint density at radius 1 is 1.32 bits per heavy atom. The molecule has 0 saturated carbocycles. The van der Waals surface area contributed by atoms with Crippen molar-refractivity contribution in [2.24, 2.45) is 7.05 Å². The van der Waals surface area contributed by atoms with E-state index < -0.39 is 0 Å². The summed E-state index contributed by atoms with van der Waals surface area (Å²) in [4.78, 5) is 23.2. The standard InChI is InChI=1S/C14H11N3O2/c1-17-9-11(5-6-13(17)18)14(19)16-12-4-2-3-10(7-12)8-15/h2-7,9H,1H3,(H,16,19). The molecule has 94 valence electrons. The van der Waals surface area contributed by atoms with Crippen molar-refractivity contribution in [3.05, 3.63) is 64.1 Å². The molecule has 0 aliphatic rings. The maximum absolute atomic E-state index is 12.0. The lowest BCUT2D eigenvalue weighted by Gasteiger charge is -2.06. The van der Waals surface area contributed by atoms with Crippen LogP contribution < -0.4 is 10.9 Å². The van der Waals surface area contributed by atoms with Crippen LogP contribution in [-0.2, 0) is 7.05 Å². The van der Waals surface area contributed by atoms with Gasteiger partial charge in [-0.1, -0.05) is 6.07 Å². The van der Waals surface area contributed by atoms with Gasteiger partial charge in [-0.3, -0.25) is 9.59 Å². The fourth-order valence-corrected chi connectivity index (χ4v) is 1.60. The average molecular weight is 253 g/mol. The highest BCUT2D eigenvalue weighted by Crippen LogP contribution is 2.11. The lowest BCUT2D eigenvalue weighted by atomic mass is 10.2. The number of pyridine rings is 1. The Morgan fingerprint density at radius 2 is 2.11 bits per heavy atom. The third-order valence-electron chi connectivity index (χ3n) is 2.60. The summed E-state index contributed by atoms with van der Waals surface area (Å²) in [7, 11) is 1.58. The van der Waals surface area contributed by atoms with E-state index in [0.29, 0.717) is 16.8 Å². The zero-order chi connectivity index (χ0) is 13.8. The number of nitrogens with one attached hydrogen (secondary N) is 1. The van der Waals surface area contributed by atoms with Gasteiger partial charge in [-0.05, 0) is 24.3 Å². The molecule has 0 aliphatic carbocycles. The molecule has 0 unspecified atom stereocenters. The van der Waals surface area contributed by atoms with Gasteiger partial charge in [0.25, 0.3) is 5.91 Å². The first-order valence-electron chi connectivity index (χ1n) is 5.58. The molecule has 19 heavy (non-hydrogen) atoms. The Bertz CT molecular complexity index is 726. The van der Waals surface area contributed by atoms with E-state index in [2.05, 4.69) is 5.32 Å². The summed E-state index contributed by atoms with van der Waals surface area (Å²) < 4.78 is 1.33. The second-order valence-electron chi connectivity index (χ2n) is 4.01. The Labute approximate surface area is 109 Å². The molecule has 5 nitrogen and oxygen atoms in total. The molecular weight excluding hydrogens is 242 g/mol. The quantitative estimate of drug-likeness (QED) is 0.881. The van der Waals surface area contributed by atoms with Crippen molar-refractivity contribution in [2.45, 2.75) is 0 Å². The zero-order valence-corrected chi connectivity index (χ0v) is 10.3. The van der Waals surface area contributed by atoms with Gasteiger partial charge >= 0.3 is 0 Å². The van der Waals surface area contributed by atoms with Crippen molar-refractivity contribution >= 4 is 11.6 Å². The Morgan fingerprint density at radius 3 is 2.79 bits per heavy atom. The summed E-state index contributed by atoms with van der Waals surface area (Å²) in [6.07, 6.45) is 1.46. The summed E-state index contributed by atoms with van der Waals surface area (Å²) in [5.41, 5.74) is 1.21. The molecular formula is C14H11N3O2. The van der Waals surface area contributed by atoms with Gasteiger partial charge in [0.2, 0.25) is 5.56 Å². The van der Waals surface area contributed by atoms with Gasteiger partial charge in [0.15, 0.2) is 0 Å². The third-order valence-corrected chi connectivity index (χ3v) is 2.60. The van der Waals surface area contributed by atoms with Crippen LogP contribution in [0.15, 0.2) is 47.4 Å². The van der Waals surface area contributed by atoms with Gasteiger partial charge < -0.3 is 9.88 Å². The van der Waals surface area contributed by atoms with Gasteiger partial charge in [-0.15, -0.1) is 0 Å². The monoisotopic (exact) mass is 253 g/mol. The molecule has 2 aromatic rings. The molecule has 0 spiro atoms. The molecule has 0 bridgehead atoms. The number of anilines is 1. The maximum atomic E-state index is 12.0. The lowest BCUT2D eigenvalue weighted by molar-refractivity contribution is 0.102. The molecule has 5 heteroatoms. The number of carbonyl (C=O) groups excluding carboxylic acids is 1. The van der Waals surface area contributed by atoms with Crippen LogP contribution >= 0.6 is 0 Å². The maximum Gasteiger partial charge on any atom is 0.257 e. The fourth-order valence-electron chi connectivity index (χ4n) is 1.60. The lowest BCUT2D eigenvalue weighted by Crippen LogP contribution is -2.19. The average Bonchev–Trinajstić information content (AvgIpc) is 2.42. The van der Waals surface area contributed by atoms with E-state index >= 15 is 0 Å². The summed E-state index contributed by atoms with van der Waals surface area (Å²) in [5.74, 6) is -0.328. The van der Waals surface area contributed by atoms with Crippen LogP contribution in [0.2, 0.25) is 0 Å². The van der Waals surface area contributed by atoms with Crippen LogP contribution in [0.3, 0.4) is 0 Å². The predicted octanol–water partition coefficient (Wildman–Crippen LogP) is 1.51. The Kier molecular flexibility index (Phi) is 3.44. The van der Waals surface area contributed by atoms with E-state index in [1.807, 2.05) is 6.07 Å². The van der Waals surface area contributed by atoms with E-state index in [1.165, 1.54) is 22.9 Å². The number of nitrogens with zero attached hydrogens (tertiary/aromatic N) is 2. The molecule has 1 aromatic heterocycles. The topological polar surface area (TPSA) is 74.9 Å². The largest absolute Gasteiger partial charge is 0.322 e. The molecule has 1 amide bonds. The molecule has 0 aliphatic heterocycles. The first-order chi connectivity index (χ1) is 9.10. The zero-order valence-electron chi connectivity index (χ0n) is 10.3. The van der Waals surface area contributed by atoms with Gasteiger partial charge in [-0.25, -0.2) is 0 Å². The molecule has 1 N–H and O–H groups in total. The molecule has 0 saturated heterocycles. The number of amides is 1. The predicted molar refractivity (Wildman–Crippen MR) is 70.8 cm³/mol. The number of rotatable bonds is 2. The Balaban J connectivity index is 2.23. The molecule has 2 rings (SSSR count). The summed E-state index contributed by atoms with van der Waals surface area (Å²) in [6.45, 7) is 0. The van der Waals surface area contributed by atoms with E-state index in [0.717, 1.165) is 0 Å². The highest BCUT2D eigenvalue weighted by Gasteiger charge is 2.07. The van der Waals surface area contributed by atoms with Crippen molar-refractivity contribution in [3.63, 3.8) is 0 Å². The van der Waals surface area contributed by atoms with E-state index in [1.54, 1.807) is 31.3 Å². The van der Waals surface area contributed by atoms with Crippen LogP contribution in [0.4, 0.5) is 5.69 Å².